The van der Waals surface area contributed by atoms with E-state index in [-0.39, 0.29) is 10.7 Å². The van der Waals surface area contributed by atoms with Crippen molar-refractivity contribution in [2.24, 2.45) is 0 Å². The molecule has 1 unspecified atom stereocenters. The van der Waals surface area contributed by atoms with E-state index in [1.165, 1.54) is 25.7 Å². The molecule has 0 amide bonds. The number of ether oxygens (including phenoxy) is 2. The van der Waals surface area contributed by atoms with Gasteiger partial charge >= 0.3 is 0 Å². The molecule has 4 heteroatoms. The van der Waals surface area contributed by atoms with Crippen LogP contribution in [0.2, 0.25) is 0 Å². The maximum absolute atomic E-state index is 13.4. The Labute approximate surface area is 135 Å². The highest BCUT2D eigenvalue weighted by Crippen LogP contribution is 2.61. The molecule has 122 valence electrons. The van der Waals surface area contributed by atoms with E-state index in [0.29, 0.717) is 22.7 Å². The van der Waals surface area contributed by atoms with Crippen LogP contribution in [0.4, 0.5) is 0 Å². The Morgan fingerprint density at radius 3 is 2.00 bits per heavy atom. The number of hydrogen-bond donors (Lipinski definition) is 0. The summed E-state index contributed by atoms with van der Waals surface area (Å²) in [6, 6.07) is 5.56. The second-order valence-electron chi connectivity index (χ2n) is 6.82. The van der Waals surface area contributed by atoms with Crippen molar-refractivity contribution in [1.82, 2.24) is 0 Å². The van der Waals surface area contributed by atoms with Crippen molar-refractivity contribution in [3.63, 3.8) is 0 Å². The van der Waals surface area contributed by atoms with E-state index in [2.05, 4.69) is 20.8 Å². The molecule has 0 N–H and O–H groups in total. The quantitative estimate of drug-likeness (QED) is 0.710. The molecule has 0 radical (unpaired) electrons. The van der Waals surface area contributed by atoms with Gasteiger partial charge in [0.05, 0.1) is 14.2 Å². The highest BCUT2D eigenvalue weighted by atomic mass is 31.1. The Hall–Kier alpha value is -1.08. The van der Waals surface area contributed by atoms with Gasteiger partial charge in [-0.1, -0.05) is 39.7 Å². The molecule has 2 rings (SSSR count). The summed E-state index contributed by atoms with van der Waals surface area (Å²) < 4.78 is 10.9. The van der Waals surface area contributed by atoms with Crippen LogP contribution in [-0.4, -0.2) is 30.6 Å². The molecule has 1 aromatic rings. The third kappa shape index (κ3) is 3.46. The van der Waals surface area contributed by atoms with E-state index in [4.69, 9.17) is 9.47 Å². The first-order chi connectivity index (χ1) is 10.4. The minimum atomic E-state index is -0.783. The van der Waals surface area contributed by atoms with Crippen LogP contribution in [0.15, 0.2) is 18.2 Å². The number of benzene rings is 1. The van der Waals surface area contributed by atoms with Crippen molar-refractivity contribution in [1.29, 1.82) is 0 Å². The largest absolute Gasteiger partial charge is 0.496 e. The second kappa shape index (κ2) is 7.00. The molecule has 0 spiro atoms. The lowest BCUT2D eigenvalue weighted by Crippen LogP contribution is -2.24. The Bertz CT molecular complexity index is 505. The van der Waals surface area contributed by atoms with E-state index >= 15 is 0 Å². The van der Waals surface area contributed by atoms with Crippen molar-refractivity contribution in [3.05, 3.63) is 23.8 Å². The van der Waals surface area contributed by atoms with Gasteiger partial charge in [-0.25, -0.2) is 0 Å². The fourth-order valence-corrected chi connectivity index (χ4v) is 6.74. The number of rotatable bonds is 5. The average molecular weight is 322 g/mol. The van der Waals surface area contributed by atoms with Crippen LogP contribution < -0.4 is 9.47 Å². The molecule has 1 aromatic carbocycles. The summed E-state index contributed by atoms with van der Waals surface area (Å²) in [5.74, 6) is 1.25. The first kappa shape index (κ1) is 17.3. The number of methoxy groups -OCH3 is 2. The molecule has 3 nitrogen and oxygen atoms in total. The molecule has 22 heavy (non-hydrogen) atoms. The summed E-state index contributed by atoms with van der Waals surface area (Å²) in [4.78, 5) is 13.4. The normalized spacial score (nSPS) is 17.3. The van der Waals surface area contributed by atoms with Gasteiger partial charge in [-0.2, -0.15) is 0 Å². The molecular formula is C18H27O3P. The summed E-state index contributed by atoms with van der Waals surface area (Å²) in [6.07, 6.45) is 4.84. The average Bonchev–Trinajstić information content (AvgIpc) is 2.98. The Morgan fingerprint density at radius 2 is 1.59 bits per heavy atom. The first-order valence-corrected chi connectivity index (χ1v) is 9.36. The molecule has 0 aliphatic heterocycles. The van der Waals surface area contributed by atoms with Gasteiger partial charge in [0, 0.05) is 0 Å². The molecule has 1 fully saturated rings. The monoisotopic (exact) mass is 322 g/mol. The first-order valence-electron chi connectivity index (χ1n) is 7.94. The maximum Gasteiger partial charge on any atom is 0.192 e. The zero-order valence-electron chi connectivity index (χ0n) is 14.3. The third-order valence-electron chi connectivity index (χ3n) is 4.27. The van der Waals surface area contributed by atoms with Crippen LogP contribution in [0.1, 0.15) is 56.8 Å². The van der Waals surface area contributed by atoms with Crippen molar-refractivity contribution in [3.8, 4) is 11.5 Å². The van der Waals surface area contributed by atoms with Gasteiger partial charge in [0.15, 0.2) is 5.52 Å². The minimum Gasteiger partial charge on any atom is -0.496 e. The highest BCUT2D eigenvalue weighted by Gasteiger charge is 2.40. The fraction of sp³-hybridized carbons (Fsp3) is 0.611. The molecule has 1 aliphatic carbocycles. The van der Waals surface area contributed by atoms with E-state index < -0.39 is 7.92 Å². The predicted octanol–water partition coefficient (Wildman–Crippen LogP) is 5.07. The van der Waals surface area contributed by atoms with Crippen LogP contribution >= 0.6 is 7.92 Å². The lowest BCUT2D eigenvalue weighted by atomic mass is 10.2. The lowest BCUT2D eigenvalue weighted by Gasteiger charge is -2.35. The Morgan fingerprint density at radius 1 is 1.09 bits per heavy atom. The van der Waals surface area contributed by atoms with Crippen molar-refractivity contribution in [2.45, 2.75) is 57.3 Å². The molecule has 1 saturated carbocycles. The predicted molar refractivity (Wildman–Crippen MR) is 92.8 cm³/mol. The Kier molecular flexibility index (Phi) is 5.50. The van der Waals surface area contributed by atoms with Crippen LogP contribution in [0.3, 0.4) is 0 Å². The fourth-order valence-electron chi connectivity index (χ4n) is 3.36. The SMILES string of the molecule is COc1cccc(OC)c1C(=O)P(C1CCCC1)C(C)(C)C. The summed E-state index contributed by atoms with van der Waals surface area (Å²) in [5.41, 5.74) is 1.38. The van der Waals surface area contributed by atoms with E-state index in [1.807, 2.05) is 18.2 Å². The van der Waals surface area contributed by atoms with Crippen LogP contribution in [0, 0.1) is 0 Å². The van der Waals surface area contributed by atoms with Gasteiger partial charge in [0.1, 0.15) is 17.1 Å². The molecule has 0 saturated heterocycles. The second-order valence-corrected chi connectivity index (χ2v) is 10.0. The summed E-state index contributed by atoms with van der Waals surface area (Å²) >= 11 is 0. The lowest BCUT2D eigenvalue weighted by molar-refractivity contribution is 0.107. The zero-order chi connectivity index (χ0) is 16.3. The molecule has 1 aliphatic rings. The topological polar surface area (TPSA) is 35.5 Å². The summed E-state index contributed by atoms with van der Waals surface area (Å²) in [7, 11) is 2.44. The van der Waals surface area contributed by atoms with Crippen LogP contribution in [0.25, 0.3) is 0 Å². The smallest absolute Gasteiger partial charge is 0.192 e. The van der Waals surface area contributed by atoms with Gasteiger partial charge in [-0.15, -0.1) is 0 Å². The maximum atomic E-state index is 13.4. The number of hydrogen-bond acceptors (Lipinski definition) is 3. The molecular weight excluding hydrogens is 295 g/mol. The van der Waals surface area contributed by atoms with E-state index in [1.54, 1.807) is 14.2 Å². The van der Waals surface area contributed by atoms with E-state index in [0.717, 1.165) is 0 Å². The van der Waals surface area contributed by atoms with Crippen molar-refractivity contribution in [2.75, 3.05) is 14.2 Å². The van der Waals surface area contributed by atoms with Gasteiger partial charge in [0.25, 0.3) is 0 Å². The highest BCUT2D eigenvalue weighted by molar-refractivity contribution is 7.77. The standard InChI is InChI=1S/C18H27O3P/c1-18(2,3)22(13-9-6-7-10-13)17(19)16-14(20-4)11-8-12-15(16)21-5/h8,11-13H,6-7,9-10H2,1-5H3. The van der Waals surface area contributed by atoms with Gasteiger partial charge in [0.2, 0.25) is 0 Å². The van der Waals surface area contributed by atoms with Gasteiger partial charge < -0.3 is 9.47 Å². The molecule has 0 aromatic heterocycles. The van der Waals surface area contributed by atoms with Crippen molar-refractivity contribution < 1.29 is 14.3 Å². The van der Waals surface area contributed by atoms with Crippen molar-refractivity contribution >= 4 is 13.4 Å². The summed E-state index contributed by atoms with van der Waals surface area (Å²) in [6.45, 7) is 6.57. The zero-order valence-corrected chi connectivity index (χ0v) is 15.2. The van der Waals surface area contributed by atoms with Crippen LogP contribution in [0.5, 0.6) is 11.5 Å². The van der Waals surface area contributed by atoms with Crippen LogP contribution in [-0.2, 0) is 0 Å². The minimum absolute atomic E-state index is 0.00666. The Balaban J connectivity index is 2.47. The number of carbonyl (C=O) groups excluding carboxylic acids is 1. The third-order valence-corrected chi connectivity index (χ3v) is 7.63. The number of carbonyl (C=O) groups is 1. The molecule has 0 bridgehead atoms. The molecule has 1 atom stereocenters. The van der Waals surface area contributed by atoms with Gasteiger partial charge in [-0.05, 0) is 43.7 Å². The molecule has 0 heterocycles. The van der Waals surface area contributed by atoms with Gasteiger partial charge in [-0.3, -0.25) is 4.79 Å². The summed E-state index contributed by atoms with van der Waals surface area (Å²) in [5, 5.41) is -0.00666. The van der Waals surface area contributed by atoms with E-state index in [9.17, 15) is 4.79 Å².